The van der Waals surface area contributed by atoms with Crippen molar-refractivity contribution in [3.8, 4) is 0 Å². The van der Waals surface area contributed by atoms with Crippen LogP contribution in [0.3, 0.4) is 0 Å². The summed E-state index contributed by atoms with van der Waals surface area (Å²) in [5.74, 6) is 0.723. The predicted molar refractivity (Wildman–Crippen MR) is 58.0 cm³/mol. The molecule has 0 aliphatic rings. The van der Waals surface area contributed by atoms with Crippen LogP contribution in [0, 0.1) is 6.92 Å². The Morgan fingerprint density at radius 3 is 2.67 bits per heavy atom. The Labute approximate surface area is 88.7 Å². The molecule has 1 aromatic rings. The average molecular weight is 208 g/mol. The predicted octanol–water partition coefficient (Wildman–Crippen LogP) is 1.16. The van der Waals surface area contributed by atoms with Crippen LogP contribution in [0.5, 0.6) is 0 Å². The number of nitrogens with zero attached hydrogens (tertiary/aromatic N) is 1. The maximum absolute atomic E-state index is 11.6. The summed E-state index contributed by atoms with van der Waals surface area (Å²) in [7, 11) is 0. The maximum atomic E-state index is 11.6. The molecule has 0 aromatic carbocycles. The third-order valence-electron chi connectivity index (χ3n) is 2.28. The highest BCUT2D eigenvalue weighted by molar-refractivity contribution is 5.75. The largest absolute Gasteiger partial charge is 0.311 e. The molecule has 0 amide bonds. The topological polar surface area (TPSA) is 62.8 Å². The number of aromatic nitrogens is 2. The fourth-order valence-electron chi connectivity index (χ4n) is 1.52. The minimum atomic E-state index is -0.111. The second-order valence-electron chi connectivity index (χ2n) is 3.63. The molecule has 0 spiro atoms. The SMILES string of the molecule is CCc1nc(C)[nH]c(=O)c1CCC(C)=O. The van der Waals surface area contributed by atoms with Gasteiger partial charge in [-0.3, -0.25) is 4.79 Å². The van der Waals surface area contributed by atoms with Crippen LogP contribution in [0.2, 0.25) is 0 Å². The van der Waals surface area contributed by atoms with Crippen molar-refractivity contribution >= 4 is 5.78 Å². The Kier molecular flexibility index (Phi) is 3.77. The number of rotatable bonds is 4. The van der Waals surface area contributed by atoms with Crippen molar-refractivity contribution in [3.05, 3.63) is 27.4 Å². The first-order valence-electron chi connectivity index (χ1n) is 5.12. The number of aromatic amines is 1. The normalized spacial score (nSPS) is 10.3. The van der Waals surface area contributed by atoms with E-state index in [1.54, 1.807) is 6.92 Å². The summed E-state index contributed by atoms with van der Waals surface area (Å²) in [6, 6.07) is 0. The fraction of sp³-hybridized carbons (Fsp3) is 0.545. The summed E-state index contributed by atoms with van der Waals surface area (Å²) >= 11 is 0. The van der Waals surface area contributed by atoms with Crippen LogP contribution in [0.4, 0.5) is 0 Å². The molecule has 0 radical (unpaired) electrons. The molecule has 0 bridgehead atoms. The van der Waals surface area contributed by atoms with Crippen LogP contribution < -0.4 is 5.56 Å². The summed E-state index contributed by atoms with van der Waals surface area (Å²) in [5, 5.41) is 0. The molecule has 1 aromatic heterocycles. The highest BCUT2D eigenvalue weighted by Gasteiger charge is 2.09. The number of hydrogen-bond donors (Lipinski definition) is 1. The number of nitrogens with one attached hydrogen (secondary N) is 1. The Balaban J connectivity index is 3.04. The lowest BCUT2D eigenvalue weighted by Gasteiger charge is -2.05. The zero-order chi connectivity index (χ0) is 11.4. The van der Waals surface area contributed by atoms with Crippen molar-refractivity contribution < 1.29 is 4.79 Å². The molecule has 82 valence electrons. The monoisotopic (exact) mass is 208 g/mol. The van der Waals surface area contributed by atoms with Crippen LogP contribution in [0.25, 0.3) is 0 Å². The van der Waals surface area contributed by atoms with Crippen molar-refractivity contribution in [1.82, 2.24) is 9.97 Å². The zero-order valence-corrected chi connectivity index (χ0v) is 9.39. The van der Waals surface area contributed by atoms with Gasteiger partial charge in [-0.25, -0.2) is 4.98 Å². The minimum Gasteiger partial charge on any atom is -0.311 e. The van der Waals surface area contributed by atoms with Crippen LogP contribution >= 0.6 is 0 Å². The average Bonchev–Trinajstić information content (AvgIpc) is 2.14. The fourth-order valence-corrected chi connectivity index (χ4v) is 1.52. The summed E-state index contributed by atoms with van der Waals surface area (Å²) in [5.41, 5.74) is 1.34. The van der Waals surface area contributed by atoms with Gasteiger partial charge in [0.15, 0.2) is 0 Å². The molecule has 0 aliphatic heterocycles. The van der Waals surface area contributed by atoms with Gasteiger partial charge in [-0.15, -0.1) is 0 Å². The molecule has 1 rings (SSSR count). The van der Waals surface area contributed by atoms with E-state index in [9.17, 15) is 9.59 Å². The number of ketones is 1. The quantitative estimate of drug-likeness (QED) is 0.807. The van der Waals surface area contributed by atoms with Gasteiger partial charge in [-0.1, -0.05) is 6.92 Å². The lowest BCUT2D eigenvalue weighted by molar-refractivity contribution is -0.116. The molecule has 1 heterocycles. The first-order chi connectivity index (χ1) is 7.04. The molecule has 15 heavy (non-hydrogen) atoms. The highest BCUT2D eigenvalue weighted by Crippen LogP contribution is 2.05. The van der Waals surface area contributed by atoms with E-state index in [0.29, 0.717) is 24.2 Å². The van der Waals surface area contributed by atoms with Crippen molar-refractivity contribution in [2.45, 2.75) is 40.0 Å². The summed E-state index contributed by atoms with van der Waals surface area (Å²) < 4.78 is 0. The van der Waals surface area contributed by atoms with Gasteiger partial charge >= 0.3 is 0 Å². The van der Waals surface area contributed by atoms with E-state index in [4.69, 9.17) is 0 Å². The number of aryl methyl sites for hydroxylation is 2. The third kappa shape index (κ3) is 3.01. The Morgan fingerprint density at radius 1 is 1.47 bits per heavy atom. The van der Waals surface area contributed by atoms with E-state index in [1.807, 2.05) is 6.92 Å². The number of Topliss-reactive ketones (excluding diaryl/α,β-unsaturated/α-hetero) is 1. The smallest absolute Gasteiger partial charge is 0.254 e. The number of carbonyl (C=O) groups excluding carboxylic acids is 1. The third-order valence-corrected chi connectivity index (χ3v) is 2.28. The Bertz CT molecular complexity index is 421. The second-order valence-corrected chi connectivity index (χ2v) is 3.63. The minimum absolute atomic E-state index is 0.0945. The van der Waals surface area contributed by atoms with E-state index in [-0.39, 0.29) is 11.3 Å². The van der Waals surface area contributed by atoms with Gasteiger partial charge in [0.2, 0.25) is 0 Å². The van der Waals surface area contributed by atoms with Gasteiger partial charge in [0, 0.05) is 12.0 Å². The van der Waals surface area contributed by atoms with Gasteiger partial charge in [-0.2, -0.15) is 0 Å². The lowest BCUT2D eigenvalue weighted by atomic mass is 10.1. The number of hydrogen-bond acceptors (Lipinski definition) is 3. The summed E-state index contributed by atoms with van der Waals surface area (Å²) in [4.78, 5) is 29.4. The first-order valence-corrected chi connectivity index (χ1v) is 5.12. The zero-order valence-electron chi connectivity index (χ0n) is 9.39. The number of H-pyrrole nitrogens is 1. The van der Waals surface area contributed by atoms with Crippen LogP contribution in [-0.2, 0) is 17.6 Å². The standard InChI is InChI=1S/C11H16N2O2/c1-4-10-9(6-5-7(2)14)11(15)13-8(3)12-10/h4-6H2,1-3H3,(H,12,13,15). The maximum Gasteiger partial charge on any atom is 0.254 e. The van der Waals surface area contributed by atoms with E-state index in [2.05, 4.69) is 9.97 Å². The first kappa shape index (κ1) is 11.6. The molecular weight excluding hydrogens is 192 g/mol. The van der Waals surface area contributed by atoms with Crippen LogP contribution in [0.1, 0.15) is 37.4 Å². The molecule has 0 saturated heterocycles. The van der Waals surface area contributed by atoms with Crippen LogP contribution in [0.15, 0.2) is 4.79 Å². The lowest BCUT2D eigenvalue weighted by Crippen LogP contribution is -2.19. The van der Waals surface area contributed by atoms with E-state index in [1.165, 1.54) is 6.92 Å². The van der Waals surface area contributed by atoms with Gasteiger partial charge in [0.1, 0.15) is 11.6 Å². The van der Waals surface area contributed by atoms with Gasteiger partial charge < -0.3 is 9.78 Å². The summed E-state index contributed by atoms with van der Waals surface area (Å²) in [6.45, 7) is 5.25. The van der Waals surface area contributed by atoms with Gasteiger partial charge in [0.05, 0.1) is 5.69 Å². The Morgan fingerprint density at radius 2 is 2.13 bits per heavy atom. The highest BCUT2D eigenvalue weighted by atomic mass is 16.1. The second kappa shape index (κ2) is 4.87. The Hall–Kier alpha value is -1.45. The van der Waals surface area contributed by atoms with Gasteiger partial charge in [0.25, 0.3) is 5.56 Å². The van der Waals surface area contributed by atoms with E-state index in [0.717, 1.165) is 12.1 Å². The molecule has 0 atom stereocenters. The van der Waals surface area contributed by atoms with E-state index >= 15 is 0 Å². The summed E-state index contributed by atoms with van der Waals surface area (Å²) in [6.07, 6.45) is 1.61. The molecule has 0 saturated carbocycles. The number of carbonyl (C=O) groups is 1. The molecule has 0 unspecified atom stereocenters. The van der Waals surface area contributed by atoms with Crippen LogP contribution in [-0.4, -0.2) is 15.8 Å². The van der Waals surface area contributed by atoms with Crippen molar-refractivity contribution in [2.75, 3.05) is 0 Å². The van der Waals surface area contributed by atoms with Crippen molar-refractivity contribution in [3.63, 3.8) is 0 Å². The molecule has 4 heteroatoms. The van der Waals surface area contributed by atoms with Crippen molar-refractivity contribution in [2.24, 2.45) is 0 Å². The molecular formula is C11H16N2O2. The molecule has 4 nitrogen and oxygen atoms in total. The van der Waals surface area contributed by atoms with Gasteiger partial charge in [-0.05, 0) is 26.7 Å². The molecule has 1 N–H and O–H groups in total. The molecule has 0 fully saturated rings. The van der Waals surface area contributed by atoms with E-state index < -0.39 is 0 Å². The van der Waals surface area contributed by atoms with Crippen molar-refractivity contribution in [1.29, 1.82) is 0 Å². The molecule has 0 aliphatic carbocycles.